The molecule has 16 heavy (non-hydrogen) atoms. The van der Waals surface area contributed by atoms with E-state index in [0.717, 1.165) is 22.0 Å². The van der Waals surface area contributed by atoms with Crippen molar-refractivity contribution in [1.29, 1.82) is 0 Å². The quantitative estimate of drug-likeness (QED) is 0.610. The van der Waals surface area contributed by atoms with E-state index in [1.54, 1.807) is 6.20 Å². The van der Waals surface area contributed by atoms with Gasteiger partial charge >= 0.3 is 0 Å². The van der Waals surface area contributed by atoms with Crippen LogP contribution in [0.4, 0.5) is 0 Å². The van der Waals surface area contributed by atoms with E-state index in [1.807, 2.05) is 42.7 Å². The molecule has 3 rings (SSSR count). The highest BCUT2D eigenvalue weighted by molar-refractivity contribution is 5.93. The Labute approximate surface area is 93.6 Å². The monoisotopic (exact) mass is 206 g/mol. The first-order valence-corrected chi connectivity index (χ1v) is 5.19. The standard InChI is InChI=1S/C14H10N2/c1-2-4-11(5-3-1)14-13-7-8-15-10-12(13)6-9-16-14/h1-10H. The lowest BCUT2D eigenvalue weighted by Gasteiger charge is -2.04. The van der Waals surface area contributed by atoms with Crippen molar-refractivity contribution >= 4 is 10.8 Å². The molecule has 0 fully saturated rings. The minimum absolute atomic E-state index is 1.01. The summed E-state index contributed by atoms with van der Waals surface area (Å²) in [5.74, 6) is 0. The molecule has 0 spiro atoms. The molecule has 0 aliphatic carbocycles. The Kier molecular flexibility index (Phi) is 2.11. The molecule has 2 aromatic heterocycles. The van der Waals surface area contributed by atoms with Crippen LogP contribution < -0.4 is 0 Å². The second-order valence-corrected chi connectivity index (χ2v) is 3.62. The SMILES string of the molecule is c1ccc(-c2nccc3cnccc23)cc1. The molecule has 0 aliphatic rings. The Bertz CT molecular complexity index is 612. The summed E-state index contributed by atoms with van der Waals surface area (Å²) in [5.41, 5.74) is 2.15. The smallest absolute Gasteiger partial charge is 0.0781 e. The molecule has 0 atom stereocenters. The van der Waals surface area contributed by atoms with Crippen molar-refractivity contribution in [3.8, 4) is 11.3 Å². The molecule has 3 aromatic rings. The van der Waals surface area contributed by atoms with E-state index >= 15 is 0 Å². The van der Waals surface area contributed by atoms with Crippen LogP contribution in [-0.2, 0) is 0 Å². The van der Waals surface area contributed by atoms with Crippen LogP contribution in [0.3, 0.4) is 0 Å². The van der Waals surface area contributed by atoms with E-state index in [-0.39, 0.29) is 0 Å². The molecule has 1 aromatic carbocycles. The van der Waals surface area contributed by atoms with E-state index in [9.17, 15) is 0 Å². The van der Waals surface area contributed by atoms with E-state index in [2.05, 4.69) is 22.1 Å². The number of fused-ring (bicyclic) bond motifs is 1. The van der Waals surface area contributed by atoms with Gasteiger partial charge in [0.1, 0.15) is 0 Å². The highest BCUT2D eigenvalue weighted by Gasteiger charge is 2.03. The number of hydrogen-bond acceptors (Lipinski definition) is 2. The van der Waals surface area contributed by atoms with Gasteiger partial charge in [-0.25, -0.2) is 0 Å². The summed E-state index contributed by atoms with van der Waals surface area (Å²) in [4.78, 5) is 8.57. The maximum Gasteiger partial charge on any atom is 0.0781 e. The molecule has 2 heteroatoms. The van der Waals surface area contributed by atoms with Crippen molar-refractivity contribution in [3.05, 3.63) is 61.1 Å². The highest BCUT2D eigenvalue weighted by atomic mass is 14.7. The van der Waals surface area contributed by atoms with Gasteiger partial charge in [-0.15, -0.1) is 0 Å². The fourth-order valence-electron chi connectivity index (χ4n) is 1.84. The van der Waals surface area contributed by atoms with Crippen molar-refractivity contribution in [2.45, 2.75) is 0 Å². The Hall–Kier alpha value is -2.22. The third kappa shape index (κ3) is 1.44. The number of rotatable bonds is 1. The zero-order valence-electron chi connectivity index (χ0n) is 8.67. The fraction of sp³-hybridized carbons (Fsp3) is 0. The maximum atomic E-state index is 4.45. The first-order valence-electron chi connectivity index (χ1n) is 5.19. The van der Waals surface area contributed by atoms with Gasteiger partial charge in [-0.2, -0.15) is 0 Å². The lowest BCUT2D eigenvalue weighted by Crippen LogP contribution is -1.85. The van der Waals surface area contributed by atoms with E-state index < -0.39 is 0 Å². The van der Waals surface area contributed by atoms with Crippen LogP contribution in [0.15, 0.2) is 61.1 Å². The van der Waals surface area contributed by atoms with Crippen LogP contribution >= 0.6 is 0 Å². The third-order valence-corrected chi connectivity index (χ3v) is 2.61. The van der Waals surface area contributed by atoms with Gasteiger partial charge < -0.3 is 0 Å². The van der Waals surface area contributed by atoms with E-state index in [0.29, 0.717) is 0 Å². The summed E-state index contributed by atoms with van der Waals surface area (Å²) in [6.45, 7) is 0. The molecule has 0 unspecified atom stereocenters. The molecule has 0 saturated carbocycles. The van der Waals surface area contributed by atoms with Crippen molar-refractivity contribution in [1.82, 2.24) is 9.97 Å². The molecule has 2 heterocycles. The van der Waals surface area contributed by atoms with Crippen LogP contribution in [0.25, 0.3) is 22.0 Å². The summed E-state index contributed by atoms with van der Waals surface area (Å²) < 4.78 is 0. The van der Waals surface area contributed by atoms with Gasteiger partial charge in [-0.05, 0) is 12.1 Å². The topological polar surface area (TPSA) is 25.8 Å². The number of hydrogen-bond donors (Lipinski definition) is 0. The minimum atomic E-state index is 1.01. The van der Waals surface area contributed by atoms with Gasteiger partial charge in [0.2, 0.25) is 0 Å². The zero-order valence-corrected chi connectivity index (χ0v) is 8.67. The average molecular weight is 206 g/mol. The van der Waals surface area contributed by atoms with Gasteiger partial charge in [-0.3, -0.25) is 9.97 Å². The molecular formula is C14H10N2. The van der Waals surface area contributed by atoms with E-state index in [1.165, 1.54) is 0 Å². The number of nitrogens with zero attached hydrogens (tertiary/aromatic N) is 2. The number of pyridine rings is 2. The predicted molar refractivity (Wildman–Crippen MR) is 65.0 cm³/mol. The largest absolute Gasteiger partial charge is 0.264 e. The van der Waals surface area contributed by atoms with Crippen LogP contribution in [0.2, 0.25) is 0 Å². The lowest BCUT2D eigenvalue weighted by atomic mass is 10.1. The fourth-order valence-corrected chi connectivity index (χ4v) is 1.84. The Balaban J connectivity index is 2.32. The van der Waals surface area contributed by atoms with Crippen LogP contribution in [0.1, 0.15) is 0 Å². The van der Waals surface area contributed by atoms with Crippen LogP contribution in [-0.4, -0.2) is 9.97 Å². The highest BCUT2D eigenvalue weighted by Crippen LogP contribution is 2.24. The van der Waals surface area contributed by atoms with Crippen LogP contribution in [0, 0.1) is 0 Å². The molecule has 0 saturated heterocycles. The molecule has 0 amide bonds. The second kappa shape index (κ2) is 3.74. The Morgan fingerprint density at radius 3 is 2.56 bits per heavy atom. The predicted octanol–water partition coefficient (Wildman–Crippen LogP) is 3.30. The summed E-state index contributed by atoms with van der Waals surface area (Å²) in [5, 5.41) is 2.26. The Morgan fingerprint density at radius 2 is 1.69 bits per heavy atom. The summed E-state index contributed by atoms with van der Waals surface area (Å²) in [7, 11) is 0. The Morgan fingerprint density at radius 1 is 0.812 bits per heavy atom. The van der Waals surface area contributed by atoms with Crippen molar-refractivity contribution in [2.24, 2.45) is 0 Å². The molecule has 0 bridgehead atoms. The third-order valence-electron chi connectivity index (χ3n) is 2.61. The molecule has 0 N–H and O–H groups in total. The first-order chi connectivity index (χ1) is 7.95. The van der Waals surface area contributed by atoms with Gasteiger partial charge in [0.05, 0.1) is 5.69 Å². The summed E-state index contributed by atoms with van der Waals surface area (Å²) >= 11 is 0. The van der Waals surface area contributed by atoms with Crippen molar-refractivity contribution < 1.29 is 0 Å². The van der Waals surface area contributed by atoms with Gasteiger partial charge in [0, 0.05) is 34.9 Å². The normalized spacial score (nSPS) is 10.5. The van der Waals surface area contributed by atoms with Crippen molar-refractivity contribution in [2.75, 3.05) is 0 Å². The maximum absolute atomic E-state index is 4.45. The summed E-state index contributed by atoms with van der Waals surface area (Å²) in [6, 6.07) is 14.2. The molecule has 0 radical (unpaired) electrons. The lowest BCUT2D eigenvalue weighted by molar-refractivity contribution is 1.32. The van der Waals surface area contributed by atoms with Gasteiger partial charge in [0.15, 0.2) is 0 Å². The zero-order chi connectivity index (χ0) is 10.8. The molecular weight excluding hydrogens is 196 g/mol. The van der Waals surface area contributed by atoms with E-state index in [4.69, 9.17) is 0 Å². The average Bonchev–Trinajstić information content (AvgIpc) is 2.39. The summed E-state index contributed by atoms with van der Waals surface area (Å²) in [6.07, 6.45) is 5.49. The molecule has 0 aliphatic heterocycles. The van der Waals surface area contributed by atoms with Gasteiger partial charge in [0.25, 0.3) is 0 Å². The molecule has 2 nitrogen and oxygen atoms in total. The second-order valence-electron chi connectivity index (χ2n) is 3.62. The number of aromatic nitrogens is 2. The van der Waals surface area contributed by atoms with Crippen LogP contribution in [0.5, 0.6) is 0 Å². The molecule has 76 valence electrons. The van der Waals surface area contributed by atoms with Gasteiger partial charge in [-0.1, -0.05) is 30.3 Å². The number of benzene rings is 1. The first kappa shape index (κ1) is 9.04. The minimum Gasteiger partial charge on any atom is -0.264 e. The van der Waals surface area contributed by atoms with Crippen molar-refractivity contribution in [3.63, 3.8) is 0 Å².